The van der Waals surface area contributed by atoms with Gasteiger partial charge in [-0.1, -0.05) is 12.1 Å². The number of carbonyl (C=O) groups is 2. The zero-order valence-corrected chi connectivity index (χ0v) is 15.6. The number of alkyl carbamates (subject to hydrolysis) is 1. The Morgan fingerprint density at radius 2 is 2.22 bits per heavy atom. The molecule has 1 fully saturated rings. The van der Waals surface area contributed by atoms with E-state index in [2.05, 4.69) is 26.0 Å². The van der Waals surface area contributed by atoms with Crippen molar-refractivity contribution in [3.05, 3.63) is 29.3 Å². The Kier molecular flexibility index (Phi) is 6.10. The molecule has 0 saturated heterocycles. The average molecular weight is 375 g/mol. The number of hydrogen-bond acceptors (Lipinski definition) is 6. The molecule has 1 saturated carbocycles. The predicted molar refractivity (Wildman–Crippen MR) is 97.3 cm³/mol. The molecule has 0 bridgehead atoms. The van der Waals surface area contributed by atoms with Gasteiger partial charge in [0.25, 0.3) is 0 Å². The van der Waals surface area contributed by atoms with Crippen LogP contribution in [0.4, 0.5) is 10.6 Å². The molecule has 2 aromatic heterocycles. The lowest BCUT2D eigenvalue weighted by Gasteiger charge is -2.12. The van der Waals surface area contributed by atoms with Crippen molar-refractivity contribution < 1.29 is 18.8 Å². The number of nitrogens with one attached hydrogen (secondary N) is 3. The Bertz CT molecular complexity index is 784. The molecular weight excluding hydrogens is 350 g/mol. The quantitative estimate of drug-likeness (QED) is 0.684. The number of nitrogens with zero attached hydrogens (tertiary/aromatic N) is 2. The van der Waals surface area contributed by atoms with Crippen LogP contribution in [0.2, 0.25) is 0 Å². The Hall–Kier alpha value is -2.84. The fraction of sp³-hybridized carbons (Fsp3) is 0.556. The molecule has 146 valence electrons. The predicted octanol–water partition coefficient (Wildman–Crippen LogP) is 2.66. The van der Waals surface area contributed by atoms with E-state index < -0.39 is 0 Å². The van der Waals surface area contributed by atoms with Crippen LogP contribution in [0.1, 0.15) is 55.7 Å². The van der Waals surface area contributed by atoms with Gasteiger partial charge in [-0.15, -0.1) is 0 Å². The molecule has 9 heteroatoms. The highest BCUT2D eigenvalue weighted by Gasteiger charge is 2.30. The third kappa shape index (κ3) is 5.32. The van der Waals surface area contributed by atoms with Crippen LogP contribution in [0.5, 0.6) is 0 Å². The second-order valence-corrected chi connectivity index (χ2v) is 6.83. The zero-order chi connectivity index (χ0) is 19.2. The molecule has 0 aromatic carbocycles. The van der Waals surface area contributed by atoms with Crippen LogP contribution < -0.4 is 10.6 Å². The highest BCUT2D eigenvalue weighted by atomic mass is 16.6. The van der Waals surface area contributed by atoms with Crippen molar-refractivity contribution >= 4 is 17.8 Å². The van der Waals surface area contributed by atoms with E-state index in [0.29, 0.717) is 18.1 Å². The molecule has 0 radical (unpaired) electrons. The number of H-pyrrole nitrogens is 1. The maximum Gasteiger partial charge on any atom is 0.407 e. The van der Waals surface area contributed by atoms with E-state index in [0.717, 1.165) is 37.1 Å². The van der Waals surface area contributed by atoms with Crippen LogP contribution in [0.25, 0.3) is 0 Å². The molecule has 9 nitrogen and oxygen atoms in total. The lowest BCUT2D eigenvalue weighted by molar-refractivity contribution is -0.115. The summed E-state index contributed by atoms with van der Waals surface area (Å²) in [5.74, 6) is 0.989. The largest absolute Gasteiger partial charge is 0.446 e. The maximum absolute atomic E-state index is 12.1. The van der Waals surface area contributed by atoms with E-state index in [-0.39, 0.29) is 30.4 Å². The van der Waals surface area contributed by atoms with Crippen LogP contribution in [-0.4, -0.2) is 40.0 Å². The summed E-state index contributed by atoms with van der Waals surface area (Å²) in [7, 11) is 0. The van der Waals surface area contributed by atoms with Gasteiger partial charge in [0, 0.05) is 30.3 Å². The number of amides is 2. The first-order valence-corrected chi connectivity index (χ1v) is 9.25. The highest BCUT2D eigenvalue weighted by Crippen LogP contribution is 2.35. The van der Waals surface area contributed by atoms with Crippen molar-refractivity contribution in [2.24, 2.45) is 0 Å². The molecule has 3 N–H and O–H groups in total. The first-order valence-electron chi connectivity index (χ1n) is 9.25. The molecule has 2 amide bonds. The molecule has 3 rings (SSSR count). The van der Waals surface area contributed by atoms with Gasteiger partial charge in [0.05, 0.1) is 12.1 Å². The zero-order valence-electron chi connectivity index (χ0n) is 15.6. The van der Waals surface area contributed by atoms with Gasteiger partial charge in [0.15, 0.2) is 5.82 Å². The average Bonchev–Trinajstić information content (AvgIpc) is 3.35. The molecule has 27 heavy (non-hydrogen) atoms. The summed E-state index contributed by atoms with van der Waals surface area (Å²) in [4.78, 5) is 23.7. The van der Waals surface area contributed by atoms with Crippen molar-refractivity contribution in [3.8, 4) is 0 Å². The fourth-order valence-corrected chi connectivity index (χ4v) is 3.20. The minimum Gasteiger partial charge on any atom is -0.446 e. The number of aromatic amines is 1. The summed E-state index contributed by atoms with van der Waals surface area (Å²) < 4.78 is 10.5. The van der Waals surface area contributed by atoms with E-state index in [1.54, 1.807) is 13.0 Å². The van der Waals surface area contributed by atoms with Gasteiger partial charge in [0.1, 0.15) is 11.9 Å². The second kappa shape index (κ2) is 8.70. The van der Waals surface area contributed by atoms with Gasteiger partial charge in [0.2, 0.25) is 5.91 Å². The van der Waals surface area contributed by atoms with Crippen molar-refractivity contribution in [2.75, 3.05) is 11.9 Å². The van der Waals surface area contributed by atoms with Crippen LogP contribution in [-0.2, 0) is 16.0 Å². The first-order chi connectivity index (χ1) is 13.0. The van der Waals surface area contributed by atoms with Gasteiger partial charge in [-0.3, -0.25) is 9.89 Å². The number of ether oxygens (including phenoxy) is 1. The van der Waals surface area contributed by atoms with E-state index in [4.69, 9.17) is 9.26 Å². The van der Waals surface area contributed by atoms with Gasteiger partial charge in [-0.2, -0.15) is 5.10 Å². The minimum absolute atomic E-state index is 0.0945. The van der Waals surface area contributed by atoms with Crippen molar-refractivity contribution in [3.63, 3.8) is 0 Å². The van der Waals surface area contributed by atoms with Crippen LogP contribution >= 0.6 is 0 Å². The third-order valence-corrected chi connectivity index (χ3v) is 4.49. The molecule has 2 aromatic rings. The molecule has 1 aliphatic carbocycles. The van der Waals surface area contributed by atoms with Crippen LogP contribution in [0.3, 0.4) is 0 Å². The van der Waals surface area contributed by atoms with E-state index in [1.165, 1.54) is 0 Å². The van der Waals surface area contributed by atoms with Gasteiger partial charge in [-0.05, 0) is 32.6 Å². The first kappa shape index (κ1) is 18.9. The topological polar surface area (TPSA) is 122 Å². The van der Waals surface area contributed by atoms with Gasteiger partial charge < -0.3 is 19.9 Å². The maximum atomic E-state index is 12.1. The summed E-state index contributed by atoms with van der Waals surface area (Å²) in [5.41, 5.74) is 1.67. The summed E-state index contributed by atoms with van der Waals surface area (Å²) in [6.07, 6.45) is 2.99. The molecule has 0 aliphatic heterocycles. The highest BCUT2D eigenvalue weighted by molar-refractivity contribution is 5.91. The SMILES string of the molecule is CCCNC(=O)O[C@H]1CC[C@@H](c2cc(NC(=O)Cc3cc(C)no3)n[nH]2)C1. The van der Waals surface area contributed by atoms with E-state index in [1.807, 2.05) is 13.0 Å². The minimum atomic E-state index is -0.359. The summed E-state index contributed by atoms with van der Waals surface area (Å²) >= 11 is 0. The number of anilines is 1. The van der Waals surface area contributed by atoms with Crippen molar-refractivity contribution in [1.29, 1.82) is 0 Å². The summed E-state index contributed by atoms with van der Waals surface area (Å²) in [6.45, 7) is 4.41. The monoisotopic (exact) mass is 375 g/mol. The van der Waals surface area contributed by atoms with Crippen molar-refractivity contribution in [1.82, 2.24) is 20.7 Å². The number of hydrogen-bond donors (Lipinski definition) is 3. The Morgan fingerprint density at radius 3 is 2.96 bits per heavy atom. The fourth-order valence-electron chi connectivity index (χ4n) is 3.20. The molecule has 1 aliphatic rings. The van der Waals surface area contributed by atoms with Crippen LogP contribution in [0.15, 0.2) is 16.7 Å². The lowest BCUT2D eigenvalue weighted by Crippen LogP contribution is -2.28. The summed E-state index contributed by atoms with van der Waals surface area (Å²) in [5, 5.41) is 16.3. The molecule has 2 heterocycles. The molecule has 0 spiro atoms. The normalized spacial score (nSPS) is 19.0. The molecule has 2 atom stereocenters. The number of rotatable bonds is 7. The number of aromatic nitrogens is 3. The third-order valence-electron chi connectivity index (χ3n) is 4.49. The van der Waals surface area contributed by atoms with Gasteiger partial charge >= 0.3 is 6.09 Å². The second-order valence-electron chi connectivity index (χ2n) is 6.83. The Labute approximate surface area is 157 Å². The van der Waals surface area contributed by atoms with Crippen LogP contribution in [0, 0.1) is 6.92 Å². The number of carbonyl (C=O) groups excluding carboxylic acids is 2. The Morgan fingerprint density at radius 1 is 1.37 bits per heavy atom. The van der Waals surface area contributed by atoms with E-state index in [9.17, 15) is 9.59 Å². The Balaban J connectivity index is 1.47. The smallest absolute Gasteiger partial charge is 0.407 e. The molecule has 0 unspecified atom stereocenters. The van der Waals surface area contributed by atoms with Crippen molar-refractivity contribution in [2.45, 2.75) is 58.0 Å². The standard InChI is InChI=1S/C18H25N5O4/c1-3-6-19-18(25)26-13-5-4-12(8-13)15-10-16(22-21-15)20-17(24)9-14-7-11(2)23-27-14/h7,10,12-13H,3-6,8-9H2,1-2H3,(H,19,25)(H2,20,21,22,24)/t12-,13+/m1/s1. The molecular formula is C18H25N5O4. The van der Waals surface area contributed by atoms with E-state index >= 15 is 0 Å². The number of aryl methyl sites for hydroxylation is 1. The lowest BCUT2D eigenvalue weighted by atomic mass is 10.0. The summed E-state index contributed by atoms with van der Waals surface area (Å²) in [6, 6.07) is 3.55. The van der Waals surface area contributed by atoms with Gasteiger partial charge in [-0.25, -0.2) is 4.79 Å².